The van der Waals surface area contributed by atoms with Gasteiger partial charge in [0.1, 0.15) is 0 Å². The molecule has 0 aromatic heterocycles. The highest BCUT2D eigenvalue weighted by atomic mass is 16.5. The second-order valence-corrected chi connectivity index (χ2v) is 5.64. The van der Waals surface area contributed by atoms with Crippen LogP contribution in [0.4, 0.5) is 5.69 Å². The lowest BCUT2D eigenvalue weighted by Crippen LogP contribution is -2.18. The fourth-order valence-corrected chi connectivity index (χ4v) is 2.39. The van der Waals surface area contributed by atoms with E-state index in [4.69, 9.17) is 14.2 Å². The Balaban J connectivity index is 2.11. The van der Waals surface area contributed by atoms with E-state index in [1.165, 1.54) is 27.5 Å². The lowest BCUT2D eigenvalue weighted by atomic mass is 10.2. The Morgan fingerprint density at radius 2 is 1.71 bits per heavy atom. The number of hydrogen-bond donors (Lipinski definition) is 2. The number of hydrogen-bond acceptors (Lipinski definition) is 6. The van der Waals surface area contributed by atoms with E-state index in [0.29, 0.717) is 40.5 Å². The number of ether oxygens (including phenoxy) is 3. The molecule has 2 N–H and O–H groups in total. The summed E-state index contributed by atoms with van der Waals surface area (Å²) >= 11 is 0. The molecule has 0 saturated carbocycles. The molecule has 0 aliphatic rings. The number of nitrogens with one attached hydrogen (secondary N) is 2. The van der Waals surface area contributed by atoms with Gasteiger partial charge in [-0.15, -0.1) is 0 Å². The van der Waals surface area contributed by atoms with Gasteiger partial charge in [-0.05, 0) is 30.3 Å². The number of rotatable bonds is 8. The number of nitrogens with zero attached hydrogens (tertiary/aromatic N) is 1. The van der Waals surface area contributed by atoms with Gasteiger partial charge in [0.2, 0.25) is 11.7 Å². The third-order valence-corrected chi connectivity index (χ3v) is 3.80. The van der Waals surface area contributed by atoms with Crippen LogP contribution in [0.2, 0.25) is 0 Å². The van der Waals surface area contributed by atoms with Gasteiger partial charge in [0.15, 0.2) is 11.5 Å². The maximum atomic E-state index is 12.3. The highest BCUT2D eigenvalue weighted by Gasteiger charge is 2.12. The monoisotopic (exact) mass is 385 g/mol. The highest BCUT2D eigenvalue weighted by Crippen LogP contribution is 2.37. The van der Waals surface area contributed by atoms with E-state index in [1.54, 1.807) is 43.3 Å². The molecule has 0 radical (unpaired) electrons. The van der Waals surface area contributed by atoms with Crippen molar-refractivity contribution in [2.45, 2.75) is 13.3 Å². The Hall–Kier alpha value is -3.55. The molecule has 28 heavy (non-hydrogen) atoms. The largest absolute Gasteiger partial charge is 0.493 e. The van der Waals surface area contributed by atoms with E-state index in [9.17, 15) is 9.59 Å². The van der Waals surface area contributed by atoms with E-state index < -0.39 is 5.91 Å². The van der Waals surface area contributed by atoms with Crippen LogP contribution in [0, 0.1) is 0 Å². The first-order valence-corrected chi connectivity index (χ1v) is 8.55. The number of anilines is 1. The summed E-state index contributed by atoms with van der Waals surface area (Å²) in [6.07, 6.45) is 1.82. The molecule has 2 aromatic carbocycles. The number of methoxy groups -OCH3 is 3. The minimum absolute atomic E-state index is 0.127. The second-order valence-electron chi connectivity index (χ2n) is 5.64. The van der Waals surface area contributed by atoms with Gasteiger partial charge in [0, 0.05) is 23.2 Å². The molecular formula is C20H23N3O5. The van der Waals surface area contributed by atoms with Crippen LogP contribution in [-0.2, 0) is 4.79 Å². The second kappa shape index (κ2) is 9.96. The summed E-state index contributed by atoms with van der Waals surface area (Å²) in [5, 5.41) is 6.68. The summed E-state index contributed by atoms with van der Waals surface area (Å²) < 4.78 is 15.8. The molecular weight excluding hydrogens is 362 g/mol. The van der Waals surface area contributed by atoms with Crippen molar-refractivity contribution in [1.82, 2.24) is 5.43 Å². The fraction of sp³-hybridized carbons (Fsp3) is 0.250. The van der Waals surface area contributed by atoms with Gasteiger partial charge >= 0.3 is 0 Å². The summed E-state index contributed by atoms with van der Waals surface area (Å²) in [6.45, 7) is 1.75. The van der Waals surface area contributed by atoms with Crippen molar-refractivity contribution >= 4 is 23.7 Å². The molecule has 0 atom stereocenters. The van der Waals surface area contributed by atoms with Gasteiger partial charge in [0.05, 0.1) is 27.5 Å². The minimum atomic E-state index is -0.406. The molecule has 148 valence electrons. The van der Waals surface area contributed by atoms with Crippen molar-refractivity contribution in [1.29, 1.82) is 0 Å². The van der Waals surface area contributed by atoms with Gasteiger partial charge in [-0.25, -0.2) is 5.43 Å². The Bertz CT molecular complexity index is 855. The summed E-state index contributed by atoms with van der Waals surface area (Å²) in [5.41, 5.74) is 4.02. The van der Waals surface area contributed by atoms with Crippen LogP contribution in [-0.4, -0.2) is 39.4 Å². The van der Waals surface area contributed by atoms with Crippen molar-refractivity contribution in [2.24, 2.45) is 5.10 Å². The zero-order chi connectivity index (χ0) is 20.5. The van der Waals surface area contributed by atoms with E-state index in [-0.39, 0.29) is 5.91 Å². The Morgan fingerprint density at radius 3 is 2.29 bits per heavy atom. The van der Waals surface area contributed by atoms with E-state index in [2.05, 4.69) is 15.8 Å². The van der Waals surface area contributed by atoms with E-state index in [1.807, 2.05) is 0 Å². The standard InChI is InChI=1S/C20H23N3O5/c1-5-18(24)22-15-8-6-7-14(11-15)20(25)23-21-12-13-9-16(26-2)19(28-4)17(10-13)27-3/h6-12H,5H2,1-4H3,(H,22,24)(H,23,25)/b21-12-. The Labute approximate surface area is 163 Å². The summed E-state index contributed by atoms with van der Waals surface area (Å²) in [4.78, 5) is 23.8. The molecule has 2 aromatic rings. The first-order valence-electron chi connectivity index (χ1n) is 8.55. The molecule has 0 unspecified atom stereocenters. The molecule has 0 fully saturated rings. The molecule has 2 rings (SSSR count). The predicted octanol–water partition coefficient (Wildman–Crippen LogP) is 2.82. The van der Waals surface area contributed by atoms with Crippen LogP contribution in [0.15, 0.2) is 41.5 Å². The first kappa shape index (κ1) is 20.8. The maximum absolute atomic E-state index is 12.3. The van der Waals surface area contributed by atoms with E-state index in [0.717, 1.165) is 0 Å². The SMILES string of the molecule is CCC(=O)Nc1cccc(C(=O)N/N=C\c2cc(OC)c(OC)c(OC)c2)c1. The quantitative estimate of drug-likeness (QED) is 0.538. The normalized spacial score (nSPS) is 10.4. The van der Waals surface area contributed by atoms with Crippen molar-refractivity contribution in [2.75, 3.05) is 26.6 Å². The van der Waals surface area contributed by atoms with Gasteiger partial charge in [-0.3, -0.25) is 9.59 Å². The molecule has 0 spiro atoms. The summed E-state index contributed by atoms with van der Waals surface area (Å²) in [6, 6.07) is 10.0. The molecule has 0 bridgehead atoms. The molecule has 0 aliphatic heterocycles. The van der Waals surface area contributed by atoms with E-state index >= 15 is 0 Å². The molecule has 2 amide bonds. The molecule has 0 saturated heterocycles. The molecule has 8 heteroatoms. The third kappa shape index (κ3) is 5.23. The zero-order valence-electron chi connectivity index (χ0n) is 16.2. The zero-order valence-corrected chi connectivity index (χ0v) is 16.2. The topological polar surface area (TPSA) is 98.3 Å². The Kier molecular flexibility index (Phi) is 7.38. The first-order chi connectivity index (χ1) is 13.5. The summed E-state index contributed by atoms with van der Waals surface area (Å²) in [7, 11) is 4.56. The van der Waals surface area contributed by atoms with Crippen molar-refractivity contribution in [3.63, 3.8) is 0 Å². The lowest BCUT2D eigenvalue weighted by molar-refractivity contribution is -0.115. The average molecular weight is 385 g/mol. The molecule has 0 heterocycles. The number of amides is 2. The van der Waals surface area contributed by atoms with Gasteiger partial charge in [0.25, 0.3) is 5.91 Å². The minimum Gasteiger partial charge on any atom is -0.493 e. The van der Waals surface area contributed by atoms with Gasteiger partial charge in [-0.1, -0.05) is 13.0 Å². The average Bonchev–Trinajstić information content (AvgIpc) is 2.72. The third-order valence-electron chi connectivity index (χ3n) is 3.80. The van der Waals surface area contributed by atoms with Crippen LogP contribution in [0.3, 0.4) is 0 Å². The molecule has 0 aliphatic carbocycles. The predicted molar refractivity (Wildman–Crippen MR) is 107 cm³/mol. The van der Waals surface area contributed by atoms with Gasteiger partial charge < -0.3 is 19.5 Å². The molecule has 8 nitrogen and oxygen atoms in total. The smallest absolute Gasteiger partial charge is 0.271 e. The maximum Gasteiger partial charge on any atom is 0.271 e. The number of benzene rings is 2. The summed E-state index contributed by atoms with van der Waals surface area (Å²) in [5.74, 6) is 0.898. The Morgan fingerprint density at radius 1 is 1.04 bits per heavy atom. The van der Waals surface area contributed by atoms with Crippen LogP contribution in [0.1, 0.15) is 29.3 Å². The lowest BCUT2D eigenvalue weighted by Gasteiger charge is -2.12. The van der Waals surface area contributed by atoms with Gasteiger partial charge in [-0.2, -0.15) is 5.10 Å². The van der Waals surface area contributed by atoms with Crippen LogP contribution < -0.4 is 25.0 Å². The van der Waals surface area contributed by atoms with Crippen LogP contribution in [0.25, 0.3) is 0 Å². The highest BCUT2D eigenvalue weighted by molar-refractivity contribution is 5.97. The van der Waals surface area contributed by atoms with Crippen LogP contribution >= 0.6 is 0 Å². The number of carbonyl (C=O) groups excluding carboxylic acids is 2. The van der Waals surface area contributed by atoms with Crippen molar-refractivity contribution in [3.8, 4) is 17.2 Å². The fourth-order valence-electron chi connectivity index (χ4n) is 2.39. The number of hydrazone groups is 1. The van der Waals surface area contributed by atoms with Crippen molar-refractivity contribution in [3.05, 3.63) is 47.5 Å². The van der Waals surface area contributed by atoms with Crippen molar-refractivity contribution < 1.29 is 23.8 Å². The number of carbonyl (C=O) groups is 2. The van der Waals surface area contributed by atoms with Crippen LogP contribution in [0.5, 0.6) is 17.2 Å².